The lowest BCUT2D eigenvalue weighted by Gasteiger charge is -2.22. The van der Waals surface area contributed by atoms with Crippen LogP contribution >= 0.6 is 35.0 Å². The number of anilines is 1. The Balaban J connectivity index is 2.74. The third kappa shape index (κ3) is 4.76. The van der Waals surface area contributed by atoms with E-state index in [0.29, 0.717) is 11.3 Å². The van der Waals surface area contributed by atoms with Crippen LogP contribution in [0, 0.1) is 0 Å². The number of benzene rings is 1. The number of nitrogens with one attached hydrogen (secondary N) is 1. The number of nitrogen functional groups attached to an aromatic ring is 1. The topological polar surface area (TPSA) is 75.3 Å². The van der Waals surface area contributed by atoms with Gasteiger partial charge in [-0.1, -0.05) is 23.2 Å². The summed E-state index contributed by atoms with van der Waals surface area (Å²) < 4.78 is 0. The Morgan fingerprint density at radius 3 is 2.47 bits per heavy atom. The number of aliphatic hydroxyl groups is 1. The molecule has 106 valence electrons. The smallest absolute Gasteiger partial charge is 0.251 e. The number of amides is 1. The SMILES string of the molecule is CSCC(C)(O)CNC(=O)c1cc(Cl)c(N)c(Cl)c1. The van der Waals surface area contributed by atoms with Gasteiger partial charge in [0.1, 0.15) is 0 Å². The van der Waals surface area contributed by atoms with E-state index in [1.165, 1.54) is 23.9 Å². The van der Waals surface area contributed by atoms with Crippen molar-refractivity contribution in [3.63, 3.8) is 0 Å². The molecule has 4 N–H and O–H groups in total. The fourth-order valence-corrected chi connectivity index (χ4v) is 2.66. The summed E-state index contributed by atoms with van der Waals surface area (Å²) in [6.07, 6.45) is 1.88. The lowest BCUT2D eigenvalue weighted by Crippen LogP contribution is -2.42. The van der Waals surface area contributed by atoms with Crippen LogP contribution in [0.5, 0.6) is 0 Å². The average molecular weight is 323 g/mol. The highest BCUT2D eigenvalue weighted by Gasteiger charge is 2.21. The quantitative estimate of drug-likeness (QED) is 0.728. The van der Waals surface area contributed by atoms with Crippen LogP contribution in [0.1, 0.15) is 17.3 Å². The Morgan fingerprint density at radius 2 is 2.00 bits per heavy atom. The zero-order chi connectivity index (χ0) is 14.6. The maximum atomic E-state index is 11.9. The van der Waals surface area contributed by atoms with Crippen LogP contribution in [0.3, 0.4) is 0 Å². The maximum Gasteiger partial charge on any atom is 0.251 e. The van der Waals surface area contributed by atoms with E-state index in [-0.39, 0.29) is 28.2 Å². The molecule has 0 fully saturated rings. The first kappa shape index (κ1) is 16.4. The van der Waals surface area contributed by atoms with Crippen molar-refractivity contribution in [1.82, 2.24) is 5.32 Å². The third-order valence-corrected chi connectivity index (χ3v) is 3.96. The number of halogens is 2. The van der Waals surface area contributed by atoms with Crippen LogP contribution in [0.2, 0.25) is 10.0 Å². The van der Waals surface area contributed by atoms with Crippen molar-refractivity contribution in [3.05, 3.63) is 27.7 Å². The van der Waals surface area contributed by atoms with E-state index >= 15 is 0 Å². The van der Waals surface area contributed by atoms with Gasteiger partial charge in [-0.3, -0.25) is 4.79 Å². The van der Waals surface area contributed by atoms with Crippen LogP contribution in [0.4, 0.5) is 5.69 Å². The summed E-state index contributed by atoms with van der Waals surface area (Å²) >= 11 is 13.2. The lowest BCUT2D eigenvalue weighted by molar-refractivity contribution is 0.0725. The number of carbonyl (C=O) groups is 1. The molecule has 1 rings (SSSR count). The predicted octanol–water partition coefficient (Wildman–Crippen LogP) is 2.42. The fraction of sp³-hybridized carbons (Fsp3) is 0.417. The highest BCUT2D eigenvalue weighted by molar-refractivity contribution is 7.98. The molecule has 0 spiro atoms. The summed E-state index contributed by atoms with van der Waals surface area (Å²) in [5.41, 5.74) is 5.19. The molecule has 4 nitrogen and oxygen atoms in total. The van der Waals surface area contributed by atoms with E-state index < -0.39 is 5.60 Å². The molecule has 0 heterocycles. The number of hydrogen-bond acceptors (Lipinski definition) is 4. The van der Waals surface area contributed by atoms with Crippen molar-refractivity contribution in [2.24, 2.45) is 0 Å². The zero-order valence-corrected chi connectivity index (χ0v) is 13.0. The summed E-state index contributed by atoms with van der Waals surface area (Å²) in [7, 11) is 0. The molecular formula is C12H16Cl2N2O2S. The van der Waals surface area contributed by atoms with E-state index in [2.05, 4.69) is 5.32 Å². The second-order valence-electron chi connectivity index (χ2n) is 4.47. The van der Waals surface area contributed by atoms with Crippen LogP contribution < -0.4 is 11.1 Å². The largest absolute Gasteiger partial charge is 0.396 e. The molecule has 0 aliphatic heterocycles. The minimum atomic E-state index is -0.962. The summed E-state index contributed by atoms with van der Waals surface area (Å²) in [4.78, 5) is 11.9. The second-order valence-corrected chi connectivity index (χ2v) is 6.15. The number of thioether (sulfide) groups is 1. The Morgan fingerprint density at radius 1 is 1.47 bits per heavy atom. The van der Waals surface area contributed by atoms with Crippen molar-refractivity contribution in [2.75, 3.05) is 24.3 Å². The Bertz CT molecular complexity index is 458. The minimum Gasteiger partial charge on any atom is -0.396 e. The van der Waals surface area contributed by atoms with Crippen molar-refractivity contribution in [1.29, 1.82) is 0 Å². The number of hydrogen-bond donors (Lipinski definition) is 3. The highest BCUT2D eigenvalue weighted by Crippen LogP contribution is 2.28. The molecule has 0 bridgehead atoms. The molecular weight excluding hydrogens is 307 g/mol. The first-order chi connectivity index (χ1) is 8.76. The molecule has 19 heavy (non-hydrogen) atoms. The van der Waals surface area contributed by atoms with E-state index in [1.54, 1.807) is 6.92 Å². The van der Waals surface area contributed by atoms with Gasteiger partial charge in [-0.05, 0) is 25.3 Å². The van der Waals surface area contributed by atoms with Gasteiger partial charge in [0, 0.05) is 17.9 Å². The zero-order valence-electron chi connectivity index (χ0n) is 10.7. The fourth-order valence-electron chi connectivity index (χ4n) is 1.45. The molecule has 0 saturated heterocycles. The van der Waals surface area contributed by atoms with E-state index in [9.17, 15) is 9.90 Å². The van der Waals surface area contributed by atoms with Crippen molar-refractivity contribution >= 4 is 46.6 Å². The highest BCUT2D eigenvalue weighted by atomic mass is 35.5. The van der Waals surface area contributed by atoms with Crippen molar-refractivity contribution in [2.45, 2.75) is 12.5 Å². The first-order valence-corrected chi connectivity index (χ1v) is 7.66. The van der Waals surface area contributed by atoms with Crippen LogP contribution in [0.25, 0.3) is 0 Å². The first-order valence-electron chi connectivity index (χ1n) is 5.51. The van der Waals surface area contributed by atoms with Crippen LogP contribution in [0.15, 0.2) is 12.1 Å². The minimum absolute atomic E-state index is 0.145. The van der Waals surface area contributed by atoms with Gasteiger partial charge in [-0.25, -0.2) is 0 Å². The van der Waals surface area contributed by atoms with Gasteiger partial charge in [0.25, 0.3) is 5.91 Å². The number of nitrogens with two attached hydrogens (primary N) is 1. The lowest BCUT2D eigenvalue weighted by atomic mass is 10.1. The molecule has 1 atom stereocenters. The van der Waals surface area contributed by atoms with Crippen molar-refractivity contribution in [3.8, 4) is 0 Å². The summed E-state index contributed by atoms with van der Waals surface area (Å²) in [6, 6.07) is 2.89. The molecule has 0 radical (unpaired) electrons. The molecule has 0 aromatic heterocycles. The number of carbonyl (C=O) groups excluding carboxylic acids is 1. The maximum absolute atomic E-state index is 11.9. The summed E-state index contributed by atoms with van der Waals surface area (Å²) in [5, 5.41) is 13.1. The average Bonchev–Trinajstić information content (AvgIpc) is 2.32. The van der Waals surface area contributed by atoms with Gasteiger partial charge in [0.15, 0.2) is 0 Å². The molecule has 0 aliphatic rings. The third-order valence-electron chi connectivity index (χ3n) is 2.43. The molecule has 1 aromatic rings. The summed E-state index contributed by atoms with van der Waals surface area (Å²) in [6.45, 7) is 1.80. The Labute approximate surface area is 126 Å². The summed E-state index contributed by atoms with van der Waals surface area (Å²) in [5.74, 6) is 0.168. The van der Waals surface area contributed by atoms with E-state index in [4.69, 9.17) is 28.9 Å². The Hall–Kier alpha value is -0.620. The van der Waals surface area contributed by atoms with E-state index in [0.717, 1.165) is 0 Å². The molecule has 1 amide bonds. The van der Waals surface area contributed by atoms with Gasteiger partial charge in [-0.15, -0.1) is 0 Å². The molecule has 0 aliphatic carbocycles. The van der Waals surface area contributed by atoms with Gasteiger partial charge in [0.2, 0.25) is 0 Å². The van der Waals surface area contributed by atoms with Crippen LogP contribution in [-0.4, -0.2) is 35.2 Å². The van der Waals surface area contributed by atoms with Crippen LogP contribution in [-0.2, 0) is 0 Å². The van der Waals surface area contributed by atoms with Gasteiger partial charge >= 0.3 is 0 Å². The normalized spacial score (nSPS) is 13.9. The van der Waals surface area contributed by atoms with Gasteiger partial charge < -0.3 is 16.2 Å². The predicted molar refractivity (Wildman–Crippen MR) is 82.2 cm³/mol. The molecule has 7 heteroatoms. The molecule has 1 unspecified atom stereocenters. The monoisotopic (exact) mass is 322 g/mol. The van der Waals surface area contributed by atoms with Gasteiger partial charge in [-0.2, -0.15) is 11.8 Å². The van der Waals surface area contributed by atoms with Crippen molar-refractivity contribution < 1.29 is 9.90 Å². The second kappa shape index (κ2) is 6.70. The Kier molecular flexibility index (Phi) is 5.80. The standard InChI is InChI=1S/C12H16Cl2N2O2S/c1-12(18,6-19-2)5-16-11(17)7-3-8(13)10(15)9(14)4-7/h3-4,18H,5-6,15H2,1-2H3,(H,16,17). The van der Waals surface area contributed by atoms with E-state index in [1.807, 2.05) is 6.26 Å². The molecule has 0 saturated carbocycles. The van der Waals surface area contributed by atoms with Gasteiger partial charge in [0.05, 0.1) is 21.3 Å². The number of rotatable bonds is 5. The molecule has 1 aromatic carbocycles.